The first-order chi connectivity index (χ1) is 13.2. The summed E-state index contributed by atoms with van der Waals surface area (Å²) < 4.78 is 41.8. The maximum absolute atomic E-state index is 12.6. The second-order valence-electron chi connectivity index (χ2n) is 6.90. The molecule has 1 saturated heterocycles. The van der Waals surface area contributed by atoms with Crippen LogP contribution in [0.25, 0.3) is 0 Å². The molecule has 28 heavy (non-hydrogen) atoms. The summed E-state index contributed by atoms with van der Waals surface area (Å²) in [6.07, 6.45) is 1.85. The largest absolute Gasteiger partial charge is 0.465 e. The first kappa shape index (κ1) is 20.1. The highest BCUT2D eigenvalue weighted by Gasteiger charge is 2.34. The van der Waals surface area contributed by atoms with Crippen LogP contribution < -0.4 is 9.74 Å². The molecule has 0 saturated carbocycles. The van der Waals surface area contributed by atoms with E-state index in [0.29, 0.717) is 19.6 Å². The van der Waals surface area contributed by atoms with E-state index in [0.717, 1.165) is 18.7 Å². The highest BCUT2D eigenvalue weighted by atomic mass is 32.2. The fourth-order valence-corrected chi connectivity index (χ4v) is 3.93. The van der Waals surface area contributed by atoms with Gasteiger partial charge in [0.25, 0.3) is 5.56 Å². The van der Waals surface area contributed by atoms with Crippen LogP contribution in [0.2, 0.25) is 0 Å². The van der Waals surface area contributed by atoms with Gasteiger partial charge in [-0.1, -0.05) is 17.7 Å². The molecule has 2 aromatic rings. The zero-order valence-electron chi connectivity index (χ0n) is 15.8. The average molecular weight is 407 g/mol. The molecular weight excluding hydrogens is 386 g/mol. The summed E-state index contributed by atoms with van der Waals surface area (Å²) in [5, 5.41) is 0. The highest BCUT2D eigenvalue weighted by molar-refractivity contribution is 7.87. The number of ether oxygens (including phenoxy) is 2. The summed E-state index contributed by atoms with van der Waals surface area (Å²) in [7, 11) is -3.08. The lowest BCUT2D eigenvalue weighted by molar-refractivity contribution is 0.0596. The van der Waals surface area contributed by atoms with Crippen molar-refractivity contribution in [1.29, 1.82) is 0 Å². The first-order valence-corrected chi connectivity index (χ1v) is 10.0. The van der Waals surface area contributed by atoms with Crippen LogP contribution in [0.5, 0.6) is 5.75 Å². The van der Waals surface area contributed by atoms with E-state index in [2.05, 4.69) is 0 Å². The lowest BCUT2D eigenvalue weighted by Crippen LogP contribution is -2.39. The van der Waals surface area contributed by atoms with Crippen LogP contribution in [0.15, 0.2) is 46.2 Å². The van der Waals surface area contributed by atoms with Crippen LogP contribution in [-0.4, -0.2) is 39.3 Å². The second kappa shape index (κ2) is 7.40. The Bertz CT molecular complexity index is 1050. The van der Waals surface area contributed by atoms with E-state index in [1.165, 1.54) is 22.9 Å². The molecule has 0 amide bonds. The van der Waals surface area contributed by atoms with Gasteiger partial charge in [0.05, 0.1) is 19.3 Å². The Balaban J connectivity index is 2.07. The minimum Gasteiger partial charge on any atom is -0.465 e. The smallest absolute Gasteiger partial charge is 0.343 e. The SMILES string of the molecule is COC(=O)c1cn(C2(C)CCOC2)c(=O)cc1OS(=O)(=O)c1ccc(C)cc1. The number of rotatable bonds is 5. The number of aromatic nitrogens is 1. The molecule has 1 aromatic heterocycles. The van der Waals surface area contributed by atoms with E-state index in [1.807, 2.05) is 13.8 Å². The predicted molar refractivity (Wildman–Crippen MR) is 100 cm³/mol. The van der Waals surface area contributed by atoms with Crippen molar-refractivity contribution in [3.05, 3.63) is 58.0 Å². The topological polar surface area (TPSA) is 101 Å². The van der Waals surface area contributed by atoms with Crippen LogP contribution in [0, 0.1) is 6.92 Å². The zero-order chi connectivity index (χ0) is 20.5. The number of pyridine rings is 1. The van der Waals surface area contributed by atoms with Crippen molar-refractivity contribution in [3.8, 4) is 5.75 Å². The molecule has 0 spiro atoms. The highest BCUT2D eigenvalue weighted by Crippen LogP contribution is 2.29. The molecule has 1 aromatic carbocycles. The normalized spacial score (nSPS) is 19.4. The number of benzene rings is 1. The molecule has 1 aliphatic rings. The van der Waals surface area contributed by atoms with Crippen molar-refractivity contribution in [2.24, 2.45) is 0 Å². The Kier molecular flexibility index (Phi) is 5.31. The molecule has 0 radical (unpaired) electrons. The summed E-state index contributed by atoms with van der Waals surface area (Å²) in [4.78, 5) is 24.8. The lowest BCUT2D eigenvalue weighted by Gasteiger charge is -2.26. The Hall–Kier alpha value is -2.65. The third-order valence-electron chi connectivity index (χ3n) is 4.71. The Morgan fingerprint density at radius 3 is 2.50 bits per heavy atom. The van der Waals surface area contributed by atoms with Crippen molar-refractivity contribution in [2.45, 2.75) is 30.7 Å². The maximum Gasteiger partial charge on any atom is 0.343 e. The van der Waals surface area contributed by atoms with Gasteiger partial charge < -0.3 is 18.2 Å². The molecule has 150 valence electrons. The summed E-state index contributed by atoms with van der Waals surface area (Å²) in [5.41, 5.74) is -0.432. The fourth-order valence-electron chi connectivity index (χ4n) is 2.99. The van der Waals surface area contributed by atoms with Crippen molar-refractivity contribution < 1.29 is 26.9 Å². The number of aryl methyl sites for hydroxylation is 1. The standard InChI is InChI=1S/C19H21NO7S/c1-13-4-6-14(7-5-13)28(23,24)27-16-10-17(21)20(11-15(16)18(22)25-3)19(2)8-9-26-12-19/h4-7,10-11H,8-9,12H2,1-3H3. The van der Waals surface area contributed by atoms with Crippen molar-refractivity contribution >= 4 is 16.1 Å². The van der Waals surface area contributed by atoms with E-state index in [4.69, 9.17) is 13.7 Å². The van der Waals surface area contributed by atoms with Gasteiger partial charge in [-0.05, 0) is 32.4 Å². The zero-order valence-corrected chi connectivity index (χ0v) is 16.6. The summed E-state index contributed by atoms with van der Waals surface area (Å²) >= 11 is 0. The number of hydrogen-bond donors (Lipinski definition) is 0. The number of methoxy groups -OCH3 is 1. The number of esters is 1. The number of carbonyl (C=O) groups excluding carboxylic acids is 1. The monoisotopic (exact) mass is 407 g/mol. The minimum absolute atomic E-state index is 0.0887. The number of nitrogens with zero attached hydrogens (tertiary/aromatic N) is 1. The molecule has 3 rings (SSSR count). The van der Waals surface area contributed by atoms with E-state index >= 15 is 0 Å². The van der Waals surface area contributed by atoms with E-state index in [1.54, 1.807) is 12.1 Å². The Labute approximate surface area is 162 Å². The molecular formula is C19H21NO7S. The van der Waals surface area contributed by atoms with Crippen LogP contribution in [-0.2, 0) is 25.1 Å². The summed E-state index contributed by atoms with van der Waals surface area (Å²) in [6, 6.07) is 7.01. The van der Waals surface area contributed by atoms with Gasteiger partial charge in [-0.25, -0.2) is 4.79 Å². The third kappa shape index (κ3) is 3.81. The molecule has 1 fully saturated rings. The molecule has 0 aliphatic carbocycles. The molecule has 2 heterocycles. The molecule has 0 bridgehead atoms. The maximum atomic E-state index is 12.6. The van der Waals surface area contributed by atoms with E-state index in [9.17, 15) is 18.0 Å². The Morgan fingerprint density at radius 1 is 1.25 bits per heavy atom. The van der Waals surface area contributed by atoms with Crippen LogP contribution in [0.1, 0.15) is 29.3 Å². The molecule has 8 nitrogen and oxygen atoms in total. The molecule has 0 N–H and O–H groups in total. The van der Waals surface area contributed by atoms with Crippen molar-refractivity contribution in [3.63, 3.8) is 0 Å². The predicted octanol–water partition coefficient (Wildman–Crippen LogP) is 1.85. The summed E-state index contributed by atoms with van der Waals surface area (Å²) in [6.45, 7) is 4.43. The van der Waals surface area contributed by atoms with Gasteiger partial charge in [0.15, 0.2) is 5.75 Å². The van der Waals surface area contributed by atoms with Crippen LogP contribution >= 0.6 is 0 Å². The first-order valence-electron chi connectivity index (χ1n) is 8.61. The van der Waals surface area contributed by atoms with E-state index in [-0.39, 0.29) is 16.2 Å². The molecule has 9 heteroatoms. The minimum atomic E-state index is -4.24. The molecule has 1 atom stereocenters. The van der Waals surface area contributed by atoms with Gasteiger partial charge in [0.1, 0.15) is 10.5 Å². The quantitative estimate of drug-likeness (QED) is 0.551. The summed E-state index contributed by atoms with van der Waals surface area (Å²) in [5.74, 6) is -1.19. The molecule has 1 aliphatic heterocycles. The van der Waals surface area contributed by atoms with Crippen LogP contribution in [0.4, 0.5) is 0 Å². The third-order valence-corrected chi connectivity index (χ3v) is 5.96. The average Bonchev–Trinajstić information content (AvgIpc) is 3.08. The van der Waals surface area contributed by atoms with Gasteiger partial charge in [-0.2, -0.15) is 8.42 Å². The van der Waals surface area contributed by atoms with Gasteiger partial charge in [0, 0.05) is 18.9 Å². The fraction of sp³-hybridized carbons (Fsp3) is 0.368. The number of carbonyl (C=O) groups is 1. The van der Waals surface area contributed by atoms with Crippen molar-refractivity contribution in [2.75, 3.05) is 20.3 Å². The van der Waals surface area contributed by atoms with Crippen molar-refractivity contribution in [1.82, 2.24) is 4.57 Å². The molecule has 1 unspecified atom stereocenters. The van der Waals surface area contributed by atoms with Gasteiger partial charge in [-0.15, -0.1) is 0 Å². The number of hydrogen-bond acceptors (Lipinski definition) is 7. The van der Waals surface area contributed by atoms with Gasteiger partial charge in [-0.3, -0.25) is 4.79 Å². The second-order valence-corrected chi connectivity index (χ2v) is 8.45. The Morgan fingerprint density at radius 2 is 1.93 bits per heavy atom. The van der Waals surface area contributed by atoms with Crippen LogP contribution in [0.3, 0.4) is 0 Å². The van der Waals surface area contributed by atoms with E-state index < -0.39 is 27.2 Å². The van der Waals surface area contributed by atoms with Gasteiger partial charge >= 0.3 is 16.1 Å². The lowest BCUT2D eigenvalue weighted by atomic mass is 10.0. The van der Waals surface area contributed by atoms with Gasteiger partial charge in [0.2, 0.25) is 0 Å².